The van der Waals surface area contributed by atoms with Crippen molar-refractivity contribution in [3.8, 4) is 5.75 Å². The van der Waals surface area contributed by atoms with Crippen molar-refractivity contribution in [3.05, 3.63) is 58.9 Å². The van der Waals surface area contributed by atoms with Gasteiger partial charge >= 0.3 is 0 Å². The Morgan fingerprint density at radius 3 is 2.38 bits per heavy atom. The number of hydrogen-bond donors (Lipinski definition) is 2. The molecule has 0 aliphatic rings. The van der Waals surface area contributed by atoms with Crippen molar-refractivity contribution in [1.82, 2.24) is 0 Å². The van der Waals surface area contributed by atoms with Gasteiger partial charge in [0, 0.05) is 10.7 Å². The van der Waals surface area contributed by atoms with Gasteiger partial charge < -0.3 is 15.8 Å². The van der Waals surface area contributed by atoms with Crippen molar-refractivity contribution in [2.24, 2.45) is 5.73 Å². The molecular weight excluding hydrogens is 335 g/mol. The van der Waals surface area contributed by atoms with E-state index < -0.39 is 23.2 Å². The van der Waals surface area contributed by atoms with Gasteiger partial charge in [0.2, 0.25) is 0 Å². The second kappa shape index (κ2) is 6.88. The number of amides is 2. The summed E-state index contributed by atoms with van der Waals surface area (Å²) in [5, 5.41) is 3.12. The summed E-state index contributed by atoms with van der Waals surface area (Å²) >= 11 is 5.80. The highest BCUT2D eigenvalue weighted by atomic mass is 35.5. The lowest BCUT2D eigenvalue weighted by Crippen LogP contribution is -2.42. The highest BCUT2D eigenvalue weighted by Gasteiger charge is 2.30. The SMILES string of the molecule is CC(C)(Oc1ccc(Cl)cc1)C(=O)Nc1ccc(F)c(C(N)=O)c1. The molecule has 0 heterocycles. The van der Waals surface area contributed by atoms with E-state index in [1.54, 1.807) is 38.1 Å². The maximum Gasteiger partial charge on any atom is 0.267 e. The van der Waals surface area contributed by atoms with Crippen LogP contribution in [0.1, 0.15) is 24.2 Å². The average molecular weight is 351 g/mol. The fourth-order valence-electron chi connectivity index (χ4n) is 1.92. The molecule has 2 rings (SSSR count). The number of nitrogens with one attached hydrogen (secondary N) is 1. The van der Waals surface area contributed by atoms with Crippen LogP contribution in [-0.2, 0) is 4.79 Å². The fourth-order valence-corrected chi connectivity index (χ4v) is 2.04. The molecule has 0 radical (unpaired) electrons. The molecule has 5 nitrogen and oxygen atoms in total. The number of primary amides is 1. The number of halogens is 2. The van der Waals surface area contributed by atoms with E-state index >= 15 is 0 Å². The smallest absolute Gasteiger partial charge is 0.267 e. The molecule has 0 saturated heterocycles. The third kappa shape index (κ3) is 4.23. The number of anilines is 1. The molecule has 0 unspecified atom stereocenters. The Hall–Kier alpha value is -2.60. The normalized spacial score (nSPS) is 11.0. The lowest BCUT2D eigenvalue weighted by atomic mass is 10.1. The van der Waals surface area contributed by atoms with Crippen molar-refractivity contribution in [3.63, 3.8) is 0 Å². The molecule has 3 N–H and O–H groups in total. The first-order chi connectivity index (χ1) is 11.2. The van der Waals surface area contributed by atoms with E-state index in [-0.39, 0.29) is 11.3 Å². The summed E-state index contributed by atoms with van der Waals surface area (Å²) in [4.78, 5) is 23.6. The molecule has 7 heteroatoms. The van der Waals surface area contributed by atoms with Gasteiger partial charge in [0.05, 0.1) is 5.56 Å². The third-order valence-electron chi connectivity index (χ3n) is 3.22. The van der Waals surface area contributed by atoms with E-state index in [0.29, 0.717) is 10.8 Å². The molecule has 126 valence electrons. The standard InChI is InChI=1S/C17H16ClFN2O3/c1-17(2,24-12-6-3-10(18)4-7-12)16(23)21-11-5-8-14(19)13(9-11)15(20)22/h3-9H,1-2H3,(H2,20,22)(H,21,23). The molecule has 0 bridgehead atoms. The van der Waals surface area contributed by atoms with Crippen LogP contribution < -0.4 is 15.8 Å². The Balaban J connectivity index is 2.14. The summed E-state index contributed by atoms with van der Waals surface area (Å²) in [6.07, 6.45) is 0. The van der Waals surface area contributed by atoms with E-state index in [1.165, 1.54) is 12.1 Å². The van der Waals surface area contributed by atoms with Crippen LogP contribution in [0.3, 0.4) is 0 Å². The minimum Gasteiger partial charge on any atom is -0.478 e. The lowest BCUT2D eigenvalue weighted by molar-refractivity contribution is -0.128. The van der Waals surface area contributed by atoms with Crippen LogP contribution in [0.15, 0.2) is 42.5 Å². The van der Waals surface area contributed by atoms with Crippen LogP contribution in [0, 0.1) is 5.82 Å². The summed E-state index contributed by atoms with van der Waals surface area (Å²) in [6, 6.07) is 10.1. The Morgan fingerprint density at radius 1 is 1.17 bits per heavy atom. The molecule has 0 aliphatic heterocycles. The van der Waals surface area contributed by atoms with Crippen molar-refractivity contribution < 1.29 is 18.7 Å². The van der Waals surface area contributed by atoms with Crippen molar-refractivity contribution in [1.29, 1.82) is 0 Å². The van der Waals surface area contributed by atoms with Crippen molar-refractivity contribution >= 4 is 29.1 Å². The molecular formula is C17H16ClFN2O3. The average Bonchev–Trinajstić information content (AvgIpc) is 2.51. The second-order valence-electron chi connectivity index (χ2n) is 5.58. The van der Waals surface area contributed by atoms with E-state index in [0.717, 1.165) is 6.07 Å². The Kier molecular flexibility index (Phi) is 5.09. The quantitative estimate of drug-likeness (QED) is 0.867. The summed E-state index contributed by atoms with van der Waals surface area (Å²) < 4.78 is 19.1. The zero-order valence-corrected chi connectivity index (χ0v) is 13.9. The minimum absolute atomic E-state index is 0.239. The summed E-state index contributed by atoms with van der Waals surface area (Å²) in [7, 11) is 0. The third-order valence-corrected chi connectivity index (χ3v) is 3.48. The number of benzene rings is 2. The van der Waals surface area contributed by atoms with E-state index in [4.69, 9.17) is 22.1 Å². The van der Waals surface area contributed by atoms with Crippen LogP contribution in [-0.4, -0.2) is 17.4 Å². The lowest BCUT2D eigenvalue weighted by Gasteiger charge is -2.25. The molecule has 0 spiro atoms. The van der Waals surface area contributed by atoms with E-state index in [1.807, 2.05) is 0 Å². The Labute approximate surface area is 143 Å². The molecule has 0 aromatic heterocycles. The number of nitrogens with two attached hydrogens (primary N) is 1. The predicted octanol–water partition coefficient (Wildman–Crippen LogP) is 3.37. The Morgan fingerprint density at radius 2 is 1.79 bits per heavy atom. The topological polar surface area (TPSA) is 81.4 Å². The number of carbonyl (C=O) groups excluding carboxylic acids is 2. The van der Waals surface area contributed by atoms with Gasteiger partial charge in [0.25, 0.3) is 11.8 Å². The highest BCUT2D eigenvalue weighted by Crippen LogP contribution is 2.22. The Bertz CT molecular complexity index is 776. The number of hydrogen-bond acceptors (Lipinski definition) is 3. The summed E-state index contributed by atoms with van der Waals surface area (Å²) in [6.45, 7) is 3.16. The summed E-state index contributed by atoms with van der Waals surface area (Å²) in [5.41, 5.74) is 3.81. The first-order valence-electron chi connectivity index (χ1n) is 7.04. The van der Waals surface area contributed by atoms with Gasteiger partial charge in [-0.05, 0) is 56.3 Å². The molecule has 0 saturated carbocycles. The van der Waals surface area contributed by atoms with Gasteiger partial charge in [0.1, 0.15) is 11.6 Å². The molecule has 24 heavy (non-hydrogen) atoms. The zero-order chi connectivity index (χ0) is 17.9. The fraction of sp³-hybridized carbons (Fsp3) is 0.176. The van der Waals surface area contributed by atoms with Crippen LogP contribution >= 0.6 is 11.6 Å². The van der Waals surface area contributed by atoms with E-state index in [9.17, 15) is 14.0 Å². The van der Waals surface area contributed by atoms with Crippen LogP contribution in [0.4, 0.5) is 10.1 Å². The largest absolute Gasteiger partial charge is 0.478 e. The molecule has 2 amide bonds. The summed E-state index contributed by atoms with van der Waals surface area (Å²) in [5.74, 6) is -1.67. The van der Waals surface area contributed by atoms with Gasteiger partial charge in [-0.1, -0.05) is 11.6 Å². The highest BCUT2D eigenvalue weighted by molar-refractivity contribution is 6.30. The van der Waals surface area contributed by atoms with Gasteiger partial charge in [0.15, 0.2) is 5.60 Å². The number of rotatable bonds is 5. The van der Waals surface area contributed by atoms with E-state index in [2.05, 4.69) is 5.32 Å². The first kappa shape index (κ1) is 17.7. The van der Waals surface area contributed by atoms with Gasteiger partial charge in [-0.25, -0.2) is 4.39 Å². The van der Waals surface area contributed by atoms with Gasteiger partial charge in [-0.2, -0.15) is 0 Å². The predicted molar refractivity (Wildman–Crippen MR) is 89.7 cm³/mol. The van der Waals surface area contributed by atoms with Crippen LogP contribution in [0.25, 0.3) is 0 Å². The van der Waals surface area contributed by atoms with Crippen LogP contribution in [0.2, 0.25) is 5.02 Å². The molecule has 0 aliphatic carbocycles. The van der Waals surface area contributed by atoms with Gasteiger partial charge in [-0.3, -0.25) is 9.59 Å². The number of carbonyl (C=O) groups is 2. The van der Waals surface area contributed by atoms with Crippen molar-refractivity contribution in [2.75, 3.05) is 5.32 Å². The zero-order valence-electron chi connectivity index (χ0n) is 13.1. The maximum atomic E-state index is 13.5. The molecule has 0 fully saturated rings. The van der Waals surface area contributed by atoms with Crippen LogP contribution in [0.5, 0.6) is 5.75 Å². The first-order valence-corrected chi connectivity index (χ1v) is 7.42. The second-order valence-corrected chi connectivity index (χ2v) is 6.02. The molecule has 2 aromatic rings. The molecule has 2 aromatic carbocycles. The van der Waals surface area contributed by atoms with Crippen molar-refractivity contribution in [2.45, 2.75) is 19.4 Å². The minimum atomic E-state index is -1.21. The maximum absolute atomic E-state index is 13.5. The van der Waals surface area contributed by atoms with Gasteiger partial charge in [-0.15, -0.1) is 0 Å². The monoisotopic (exact) mass is 350 g/mol. The number of ether oxygens (including phenoxy) is 1. The molecule has 0 atom stereocenters.